The summed E-state index contributed by atoms with van der Waals surface area (Å²) in [6, 6.07) is -0.680. The van der Waals surface area contributed by atoms with Gasteiger partial charge in [0.2, 0.25) is 0 Å². The van der Waals surface area contributed by atoms with Gasteiger partial charge in [-0.1, -0.05) is 6.42 Å². The van der Waals surface area contributed by atoms with Gasteiger partial charge in [-0.25, -0.2) is 0 Å². The summed E-state index contributed by atoms with van der Waals surface area (Å²) in [7, 11) is 0. The minimum absolute atomic E-state index is 0.0567. The van der Waals surface area contributed by atoms with Crippen LogP contribution in [0.5, 0.6) is 0 Å². The number of carboxylic acid groups (broad SMARTS) is 1. The van der Waals surface area contributed by atoms with Gasteiger partial charge in [0.15, 0.2) is 0 Å². The molecular formula is C9H15NO4. The van der Waals surface area contributed by atoms with Crippen LogP contribution in [0.1, 0.15) is 19.3 Å². The summed E-state index contributed by atoms with van der Waals surface area (Å²) in [5, 5.41) is 8.91. The Hall–Kier alpha value is -1.10. The highest BCUT2D eigenvalue weighted by Gasteiger charge is 2.27. The summed E-state index contributed by atoms with van der Waals surface area (Å²) < 4.78 is 4.51. The lowest BCUT2D eigenvalue weighted by atomic mass is 10.1. The third-order valence-electron chi connectivity index (χ3n) is 2.44. The smallest absolute Gasteiger partial charge is 0.324 e. The molecule has 0 saturated carbocycles. The fourth-order valence-corrected chi connectivity index (χ4v) is 1.69. The zero-order chi connectivity index (χ0) is 10.4. The normalized spacial score (nSPS) is 20.0. The molecule has 5 nitrogen and oxygen atoms in total. The van der Waals surface area contributed by atoms with E-state index >= 15 is 0 Å². The number of hydrogen-bond donors (Lipinski definition) is 1. The predicted octanol–water partition coefficient (Wildman–Crippen LogP) is 0.0985. The standard InChI is InChI=1S/C9H15NO4/c11-7-14-6-8(9(12)13)10-4-2-1-3-5-10/h7-8H,1-6H2,(H,12,13). The van der Waals surface area contributed by atoms with Crippen LogP contribution in [0.3, 0.4) is 0 Å². The number of likely N-dealkylation sites (tertiary alicyclic amines) is 1. The Balaban J connectivity index is 2.46. The fourth-order valence-electron chi connectivity index (χ4n) is 1.69. The van der Waals surface area contributed by atoms with E-state index in [0.717, 1.165) is 32.4 Å². The van der Waals surface area contributed by atoms with E-state index in [2.05, 4.69) is 4.74 Å². The molecule has 1 heterocycles. The summed E-state index contributed by atoms with van der Waals surface area (Å²) in [5.74, 6) is -0.922. The van der Waals surface area contributed by atoms with E-state index in [1.54, 1.807) is 0 Å². The van der Waals surface area contributed by atoms with Crippen LogP contribution in [-0.4, -0.2) is 48.2 Å². The van der Waals surface area contributed by atoms with Gasteiger partial charge in [-0.3, -0.25) is 14.5 Å². The molecule has 0 aromatic carbocycles. The topological polar surface area (TPSA) is 66.8 Å². The molecule has 0 aromatic heterocycles. The summed E-state index contributed by atoms with van der Waals surface area (Å²) in [4.78, 5) is 22.7. The van der Waals surface area contributed by atoms with Crippen molar-refractivity contribution < 1.29 is 19.4 Å². The number of nitrogens with zero attached hydrogens (tertiary/aromatic N) is 1. The molecule has 1 unspecified atom stereocenters. The molecule has 1 N–H and O–H groups in total. The zero-order valence-electron chi connectivity index (χ0n) is 8.02. The average Bonchev–Trinajstić information content (AvgIpc) is 2.19. The Morgan fingerprint density at radius 2 is 2.07 bits per heavy atom. The lowest BCUT2D eigenvalue weighted by Crippen LogP contribution is -2.46. The van der Waals surface area contributed by atoms with Gasteiger partial charge in [0.1, 0.15) is 12.6 Å². The fraction of sp³-hybridized carbons (Fsp3) is 0.778. The van der Waals surface area contributed by atoms with E-state index in [1.165, 1.54) is 0 Å². The molecule has 1 atom stereocenters. The molecule has 0 radical (unpaired) electrons. The summed E-state index contributed by atoms with van der Waals surface area (Å²) >= 11 is 0. The Morgan fingerprint density at radius 3 is 2.57 bits per heavy atom. The number of piperidine rings is 1. The Morgan fingerprint density at radius 1 is 1.43 bits per heavy atom. The zero-order valence-corrected chi connectivity index (χ0v) is 8.02. The maximum absolute atomic E-state index is 10.9. The molecule has 1 aliphatic heterocycles. The molecular weight excluding hydrogens is 186 g/mol. The van der Waals surface area contributed by atoms with Gasteiger partial charge < -0.3 is 9.84 Å². The first kappa shape index (κ1) is 11.0. The molecule has 0 aliphatic carbocycles. The first-order chi connectivity index (χ1) is 6.75. The van der Waals surface area contributed by atoms with Crippen molar-refractivity contribution in [2.24, 2.45) is 0 Å². The minimum atomic E-state index is -0.922. The number of ether oxygens (including phenoxy) is 1. The van der Waals surface area contributed by atoms with Crippen molar-refractivity contribution in [1.82, 2.24) is 4.90 Å². The van der Waals surface area contributed by atoms with E-state index in [0.29, 0.717) is 6.47 Å². The lowest BCUT2D eigenvalue weighted by molar-refractivity contribution is -0.148. The SMILES string of the molecule is O=COCC(C(=O)O)N1CCCCC1. The van der Waals surface area contributed by atoms with E-state index in [4.69, 9.17) is 5.11 Å². The summed E-state index contributed by atoms with van der Waals surface area (Å²) in [5.41, 5.74) is 0. The monoisotopic (exact) mass is 201 g/mol. The summed E-state index contributed by atoms with van der Waals surface area (Å²) in [6.45, 7) is 1.79. The first-order valence-corrected chi connectivity index (χ1v) is 4.78. The second kappa shape index (κ2) is 5.59. The van der Waals surface area contributed by atoms with Crippen molar-refractivity contribution in [1.29, 1.82) is 0 Å². The molecule has 1 rings (SSSR count). The van der Waals surface area contributed by atoms with Crippen LogP contribution in [0.25, 0.3) is 0 Å². The van der Waals surface area contributed by atoms with E-state index in [1.807, 2.05) is 4.90 Å². The molecule has 14 heavy (non-hydrogen) atoms. The first-order valence-electron chi connectivity index (χ1n) is 4.78. The Bertz CT molecular complexity index is 201. The third-order valence-corrected chi connectivity index (χ3v) is 2.44. The largest absolute Gasteiger partial charge is 0.480 e. The highest BCUT2D eigenvalue weighted by molar-refractivity contribution is 5.73. The van der Waals surface area contributed by atoms with Crippen molar-refractivity contribution in [2.45, 2.75) is 25.3 Å². The van der Waals surface area contributed by atoms with E-state index in [9.17, 15) is 9.59 Å². The third kappa shape index (κ3) is 2.99. The molecule has 80 valence electrons. The van der Waals surface area contributed by atoms with Crippen LogP contribution in [0.2, 0.25) is 0 Å². The van der Waals surface area contributed by atoms with Gasteiger partial charge in [-0.05, 0) is 25.9 Å². The minimum Gasteiger partial charge on any atom is -0.480 e. The van der Waals surface area contributed by atoms with Crippen molar-refractivity contribution in [2.75, 3.05) is 19.7 Å². The lowest BCUT2D eigenvalue weighted by Gasteiger charge is -2.31. The highest BCUT2D eigenvalue weighted by Crippen LogP contribution is 2.12. The number of carbonyl (C=O) groups is 2. The van der Waals surface area contributed by atoms with Crippen molar-refractivity contribution >= 4 is 12.4 Å². The molecule has 0 bridgehead atoms. The predicted molar refractivity (Wildman–Crippen MR) is 48.9 cm³/mol. The quantitative estimate of drug-likeness (QED) is 0.639. The van der Waals surface area contributed by atoms with Gasteiger partial charge in [0.25, 0.3) is 6.47 Å². The Labute approximate surface area is 82.6 Å². The molecule has 0 aromatic rings. The number of rotatable bonds is 5. The van der Waals surface area contributed by atoms with E-state index < -0.39 is 12.0 Å². The number of hydrogen-bond acceptors (Lipinski definition) is 4. The highest BCUT2D eigenvalue weighted by atomic mass is 16.5. The molecule has 1 saturated heterocycles. The van der Waals surface area contributed by atoms with Crippen molar-refractivity contribution in [3.63, 3.8) is 0 Å². The van der Waals surface area contributed by atoms with Crippen molar-refractivity contribution in [3.05, 3.63) is 0 Å². The molecule has 1 fully saturated rings. The number of aliphatic carboxylic acids is 1. The van der Waals surface area contributed by atoms with Crippen LogP contribution >= 0.6 is 0 Å². The van der Waals surface area contributed by atoms with Gasteiger partial charge in [0.05, 0.1) is 0 Å². The van der Waals surface area contributed by atoms with Crippen LogP contribution < -0.4 is 0 Å². The van der Waals surface area contributed by atoms with Gasteiger partial charge in [0, 0.05) is 0 Å². The van der Waals surface area contributed by atoms with Crippen LogP contribution in [-0.2, 0) is 14.3 Å². The average molecular weight is 201 g/mol. The molecule has 1 aliphatic rings. The van der Waals surface area contributed by atoms with Crippen LogP contribution in [0.15, 0.2) is 0 Å². The number of carboxylic acids is 1. The van der Waals surface area contributed by atoms with Crippen molar-refractivity contribution in [3.8, 4) is 0 Å². The summed E-state index contributed by atoms with van der Waals surface area (Å²) in [6.07, 6.45) is 3.19. The van der Waals surface area contributed by atoms with Gasteiger partial charge >= 0.3 is 5.97 Å². The van der Waals surface area contributed by atoms with Gasteiger partial charge in [-0.15, -0.1) is 0 Å². The van der Waals surface area contributed by atoms with Crippen LogP contribution in [0, 0.1) is 0 Å². The van der Waals surface area contributed by atoms with Crippen LogP contribution in [0.4, 0.5) is 0 Å². The molecule has 0 spiro atoms. The van der Waals surface area contributed by atoms with Gasteiger partial charge in [-0.2, -0.15) is 0 Å². The second-order valence-electron chi connectivity index (χ2n) is 3.38. The Kier molecular flexibility index (Phi) is 4.39. The second-order valence-corrected chi connectivity index (χ2v) is 3.38. The maximum atomic E-state index is 10.9. The van der Waals surface area contributed by atoms with E-state index in [-0.39, 0.29) is 6.61 Å². The maximum Gasteiger partial charge on any atom is 0.324 e. The molecule has 0 amide bonds. The molecule has 5 heteroatoms. The number of carbonyl (C=O) groups excluding carboxylic acids is 1.